The van der Waals surface area contributed by atoms with Crippen molar-refractivity contribution < 1.29 is 9.90 Å². The van der Waals surface area contributed by atoms with Gasteiger partial charge in [0.2, 0.25) is 0 Å². The first kappa shape index (κ1) is 13.4. The van der Waals surface area contributed by atoms with Crippen LogP contribution in [-0.4, -0.2) is 39.5 Å². The van der Waals surface area contributed by atoms with Gasteiger partial charge in [-0.2, -0.15) is 0 Å². The van der Waals surface area contributed by atoms with Gasteiger partial charge in [-0.3, -0.25) is 9.78 Å². The molecule has 4 nitrogen and oxygen atoms in total. The van der Waals surface area contributed by atoms with Gasteiger partial charge in [-0.05, 0) is 19.1 Å². The molecular weight excluding hydrogens is 260 g/mol. The molecule has 2 aromatic rings. The standard InChI is InChI=1S/C14H14N2O2S/c1-9-7-11(14(19)16(2)8-13(17)18)10-5-3-4-6-12(10)15-9/h3-7H,8H2,1-2H3,(H,17,18). The van der Waals surface area contributed by atoms with Gasteiger partial charge in [0.05, 0.1) is 5.52 Å². The maximum atomic E-state index is 10.8. The van der Waals surface area contributed by atoms with Crippen molar-refractivity contribution >= 4 is 34.1 Å². The van der Waals surface area contributed by atoms with Crippen LogP contribution in [0.15, 0.2) is 30.3 Å². The molecule has 0 fully saturated rings. The van der Waals surface area contributed by atoms with Crippen molar-refractivity contribution in [1.29, 1.82) is 0 Å². The molecule has 0 amide bonds. The number of rotatable bonds is 3. The molecule has 98 valence electrons. The minimum absolute atomic E-state index is 0.117. The van der Waals surface area contributed by atoms with Crippen molar-refractivity contribution in [1.82, 2.24) is 9.88 Å². The average Bonchev–Trinajstić information content (AvgIpc) is 2.36. The third kappa shape index (κ3) is 2.88. The van der Waals surface area contributed by atoms with Crippen LogP contribution in [0.4, 0.5) is 0 Å². The van der Waals surface area contributed by atoms with Gasteiger partial charge in [0.15, 0.2) is 0 Å². The van der Waals surface area contributed by atoms with Gasteiger partial charge >= 0.3 is 5.97 Å². The van der Waals surface area contributed by atoms with Gasteiger partial charge in [0.25, 0.3) is 0 Å². The van der Waals surface area contributed by atoms with E-state index in [1.807, 2.05) is 37.3 Å². The summed E-state index contributed by atoms with van der Waals surface area (Å²) in [6, 6.07) is 9.60. The zero-order valence-corrected chi connectivity index (χ0v) is 11.6. The lowest BCUT2D eigenvalue weighted by molar-refractivity contribution is -0.137. The van der Waals surface area contributed by atoms with E-state index >= 15 is 0 Å². The molecule has 1 N–H and O–H groups in total. The molecule has 19 heavy (non-hydrogen) atoms. The summed E-state index contributed by atoms with van der Waals surface area (Å²) in [5.41, 5.74) is 2.57. The number of carboxylic acids is 1. The minimum atomic E-state index is -0.903. The van der Waals surface area contributed by atoms with E-state index in [1.54, 1.807) is 11.9 Å². The van der Waals surface area contributed by atoms with E-state index in [1.165, 1.54) is 0 Å². The van der Waals surface area contributed by atoms with Gasteiger partial charge in [-0.15, -0.1) is 0 Å². The zero-order chi connectivity index (χ0) is 14.0. The van der Waals surface area contributed by atoms with Crippen molar-refractivity contribution in [2.24, 2.45) is 0 Å². The first-order valence-electron chi connectivity index (χ1n) is 5.82. The van der Waals surface area contributed by atoms with Crippen LogP contribution in [0.3, 0.4) is 0 Å². The topological polar surface area (TPSA) is 53.4 Å². The maximum Gasteiger partial charge on any atom is 0.323 e. The Labute approximate surface area is 116 Å². The van der Waals surface area contributed by atoms with Crippen molar-refractivity contribution in [2.75, 3.05) is 13.6 Å². The maximum absolute atomic E-state index is 10.8. The van der Waals surface area contributed by atoms with Crippen molar-refractivity contribution in [2.45, 2.75) is 6.92 Å². The summed E-state index contributed by atoms with van der Waals surface area (Å²) < 4.78 is 0. The molecule has 0 bridgehead atoms. The summed E-state index contributed by atoms with van der Waals surface area (Å²) in [4.78, 5) is 17.3. The SMILES string of the molecule is Cc1cc(C(=S)N(C)CC(=O)O)c2ccccc2n1. The number of aryl methyl sites for hydroxylation is 1. The van der Waals surface area contributed by atoms with Crippen molar-refractivity contribution in [3.63, 3.8) is 0 Å². The molecule has 0 unspecified atom stereocenters. The van der Waals surface area contributed by atoms with Crippen molar-refractivity contribution in [3.05, 3.63) is 41.6 Å². The number of aliphatic carboxylic acids is 1. The van der Waals surface area contributed by atoms with Gasteiger partial charge in [-0.1, -0.05) is 30.4 Å². The molecule has 5 heteroatoms. The van der Waals surface area contributed by atoms with E-state index in [0.717, 1.165) is 22.2 Å². The van der Waals surface area contributed by atoms with E-state index in [9.17, 15) is 4.79 Å². The number of hydrogen-bond acceptors (Lipinski definition) is 3. The Hall–Kier alpha value is -2.01. The summed E-state index contributed by atoms with van der Waals surface area (Å²) in [6.07, 6.45) is 0. The van der Waals surface area contributed by atoms with Gasteiger partial charge in [0.1, 0.15) is 11.5 Å². The Morgan fingerprint density at radius 3 is 2.79 bits per heavy atom. The van der Waals surface area contributed by atoms with Crippen molar-refractivity contribution in [3.8, 4) is 0 Å². The van der Waals surface area contributed by atoms with Crippen LogP contribution in [0.1, 0.15) is 11.3 Å². The highest BCUT2D eigenvalue weighted by molar-refractivity contribution is 7.80. The first-order valence-corrected chi connectivity index (χ1v) is 6.23. The highest BCUT2D eigenvalue weighted by Crippen LogP contribution is 2.20. The highest BCUT2D eigenvalue weighted by atomic mass is 32.1. The quantitative estimate of drug-likeness (QED) is 0.870. The van der Waals surface area contributed by atoms with Gasteiger partial charge in [-0.25, -0.2) is 0 Å². The number of pyridine rings is 1. The lowest BCUT2D eigenvalue weighted by atomic mass is 10.1. The van der Waals surface area contributed by atoms with E-state index in [2.05, 4.69) is 4.98 Å². The number of likely N-dealkylation sites (N-methyl/N-ethyl adjacent to an activating group) is 1. The summed E-state index contributed by atoms with van der Waals surface area (Å²) >= 11 is 5.38. The highest BCUT2D eigenvalue weighted by Gasteiger charge is 2.14. The number of fused-ring (bicyclic) bond motifs is 1. The van der Waals surface area contributed by atoms with E-state index < -0.39 is 5.97 Å². The number of nitrogens with zero attached hydrogens (tertiary/aromatic N) is 2. The molecule has 0 radical (unpaired) electrons. The second-order valence-electron chi connectivity index (χ2n) is 4.38. The monoisotopic (exact) mass is 274 g/mol. The fourth-order valence-electron chi connectivity index (χ4n) is 1.97. The largest absolute Gasteiger partial charge is 0.480 e. The Morgan fingerprint density at radius 1 is 1.42 bits per heavy atom. The molecule has 1 aromatic carbocycles. The molecule has 2 rings (SSSR count). The summed E-state index contributed by atoms with van der Waals surface area (Å²) in [7, 11) is 1.68. The minimum Gasteiger partial charge on any atom is -0.480 e. The van der Waals surface area contributed by atoms with Gasteiger partial charge in [0, 0.05) is 23.7 Å². The second kappa shape index (κ2) is 5.32. The normalized spacial score (nSPS) is 10.4. The van der Waals surface area contributed by atoms with Crippen LogP contribution in [-0.2, 0) is 4.79 Å². The molecular formula is C14H14N2O2S. The molecule has 1 heterocycles. The number of benzene rings is 1. The number of carboxylic acid groups (broad SMARTS) is 1. The summed E-state index contributed by atoms with van der Waals surface area (Å²) in [5, 5.41) is 9.77. The van der Waals surface area contributed by atoms with Crippen LogP contribution in [0.25, 0.3) is 10.9 Å². The third-order valence-corrected chi connectivity index (χ3v) is 3.33. The molecule has 0 aliphatic carbocycles. The number of hydrogen-bond donors (Lipinski definition) is 1. The predicted molar refractivity (Wildman–Crippen MR) is 78.4 cm³/mol. The Bertz CT molecular complexity index is 655. The van der Waals surface area contributed by atoms with Crippen LogP contribution in [0.5, 0.6) is 0 Å². The summed E-state index contributed by atoms with van der Waals surface area (Å²) in [6.45, 7) is 1.78. The van der Waals surface area contributed by atoms with E-state index in [0.29, 0.717) is 4.99 Å². The van der Waals surface area contributed by atoms with Crippen LogP contribution >= 0.6 is 12.2 Å². The molecule has 0 spiro atoms. The van der Waals surface area contributed by atoms with Crippen LogP contribution in [0, 0.1) is 6.92 Å². The summed E-state index contributed by atoms with van der Waals surface area (Å²) in [5.74, 6) is -0.903. The molecule has 0 aliphatic rings. The van der Waals surface area contributed by atoms with Gasteiger partial charge < -0.3 is 10.0 Å². The van der Waals surface area contributed by atoms with Crippen LogP contribution < -0.4 is 0 Å². The number of carbonyl (C=O) groups is 1. The molecule has 0 aliphatic heterocycles. The molecule has 0 saturated heterocycles. The number of thiocarbonyl (C=S) groups is 1. The number of para-hydroxylation sites is 1. The first-order chi connectivity index (χ1) is 8.99. The van der Waals surface area contributed by atoms with E-state index in [4.69, 9.17) is 17.3 Å². The molecule has 0 atom stereocenters. The lowest BCUT2D eigenvalue weighted by Crippen LogP contribution is -2.31. The fourth-order valence-corrected chi connectivity index (χ4v) is 2.20. The predicted octanol–water partition coefficient (Wildman–Crippen LogP) is 2.24. The Morgan fingerprint density at radius 2 is 2.11 bits per heavy atom. The van der Waals surface area contributed by atoms with Crippen LogP contribution in [0.2, 0.25) is 0 Å². The molecule has 0 saturated carbocycles. The Balaban J connectivity index is 2.49. The number of aromatic nitrogens is 1. The third-order valence-electron chi connectivity index (χ3n) is 2.79. The smallest absolute Gasteiger partial charge is 0.323 e. The van der Waals surface area contributed by atoms with E-state index in [-0.39, 0.29) is 6.54 Å². The molecule has 1 aromatic heterocycles. The Kier molecular flexibility index (Phi) is 3.76. The average molecular weight is 274 g/mol. The second-order valence-corrected chi connectivity index (χ2v) is 4.77. The lowest BCUT2D eigenvalue weighted by Gasteiger charge is -2.19. The fraction of sp³-hybridized carbons (Fsp3) is 0.214. The zero-order valence-electron chi connectivity index (χ0n) is 10.8.